The molecule has 1 fully saturated rings. The molecule has 0 spiro atoms. The van der Waals surface area contributed by atoms with Gasteiger partial charge in [0.15, 0.2) is 0 Å². The van der Waals surface area contributed by atoms with Crippen molar-refractivity contribution in [2.45, 2.75) is 45.6 Å². The van der Waals surface area contributed by atoms with Crippen LogP contribution < -0.4 is 4.74 Å². The molecule has 2 aliphatic rings. The fourth-order valence-corrected chi connectivity index (χ4v) is 3.89. The number of fused-ring (bicyclic) bond motifs is 1. The lowest BCUT2D eigenvalue weighted by molar-refractivity contribution is -0.127. The normalized spacial score (nSPS) is 19.5. The lowest BCUT2D eigenvalue weighted by Crippen LogP contribution is -2.24. The van der Waals surface area contributed by atoms with Gasteiger partial charge in [0.2, 0.25) is 5.91 Å². The summed E-state index contributed by atoms with van der Waals surface area (Å²) in [6.07, 6.45) is 5.90. The fraction of sp³-hybridized carbons (Fsp3) is 0.526. The standard InChI is InChI=1S/C19H24N4O2/c1-3-22-11-15(10-19(22)24)23-12-17(20-21-23)16-8-13-6-5-7-14(13)9-18(16)25-4-2/h8-9,12,15H,3-7,10-11H2,1-2H3/t15-/m1/s1. The second kappa shape index (κ2) is 6.50. The molecule has 1 aromatic heterocycles. The van der Waals surface area contributed by atoms with Crippen molar-refractivity contribution >= 4 is 5.91 Å². The van der Waals surface area contributed by atoms with E-state index in [0.29, 0.717) is 19.6 Å². The van der Waals surface area contributed by atoms with Crippen LogP contribution in [0.1, 0.15) is 43.9 Å². The number of benzene rings is 1. The third-order valence-electron chi connectivity index (χ3n) is 5.23. The van der Waals surface area contributed by atoms with Gasteiger partial charge in [-0.2, -0.15) is 0 Å². The molecule has 0 radical (unpaired) electrons. The minimum absolute atomic E-state index is 0.0682. The minimum Gasteiger partial charge on any atom is -0.493 e. The molecule has 0 saturated carbocycles. The molecule has 0 unspecified atom stereocenters. The van der Waals surface area contributed by atoms with Gasteiger partial charge in [-0.15, -0.1) is 5.10 Å². The van der Waals surface area contributed by atoms with Crippen LogP contribution in [-0.2, 0) is 17.6 Å². The van der Waals surface area contributed by atoms with Crippen LogP contribution in [-0.4, -0.2) is 45.5 Å². The van der Waals surface area contributed by atoms with Crippen LogP contribution >= 0.6 is 0 Å². The Labute approximate surface area is 147 Å². The zero-order chi connectivity index (χ0) is 17.4. The summed E-state index contributed by atoms with van der Waals surface area (Å²) in [5.74, 6) is 1.07. The van der Waals surface area contributed by atoms with Crippen molar-refractivity contribution in [2.75, 3.05) is 19.7 Å². The minimum atomic E-state index is 0.0682. The van der Waals surface area contributed by atoms with E-state index in [0.717, 1.165) is 36.4 Å². The van der Waals surface area contributed by atoms with Crippen LogP contribution in [0.25, 0.3) is 11.3 Å². The Bertz CT molecular complexity index is 799. The number of aryl methyl sites for hydroxylation is 2. The van der Waals surface area contributed by atoms with E-state index in [4.69, 9.17) is 4.74 Å². The summed E-state index contributed by atoms with van der Waals surface area (Å²) in [6, 6.07) is 4.44. The van der Waals surface area contributed by atoms with E-state index in [9.17, 15) is 4.79 Å². The van der Waals surface area contributed by atoms with Gasteiger partial charge in [-0.3, -0.25) is 4.79 Å². The smallest absolute Gasteiger partial charge is 0.224 e. The zero-order valence-electron chi connectivity index (χ0n) is 14.9. The van der Waals surface area contributed by atoms with Crippen LogP contribution in [0.15, 0.2) is 18.3 Å². The first-order valence-electron chi connectivity index (χ1n) is 9.18. The van der Waals surface area contributed by atoms with Crippen molar-refractivity contribution < 1.29 is 9.53 Å². The van der Waals surface area contributed by atoms with Crippen molar-refractivity contribution in [1.29, 1.82) is 0 Å². The first kappa shape index (κ1) is 16.1. The number of hydrogen-bond donors (Lipinski definition) is 0. The highest BCUT2D eigenvalue weighted by atomic mass is 16.5. The second-order valence-electron chi connectivity index (χ2n) is 6.78. The predicted molar refractivity (Wildman–Crippen MR) is 94.6 cm³/mol. The number of aromatic nitrogens is 3. The van der Waals surface area contributed by atoms with Crippen molar-refractivity contribution in [1.82, 2.24) is 19.9 Å². The molecule has 1 amide bonds. The van der Waals surface area contributed by atoms with E-state index in [1.165, 1.54) is 17.5 Å². The molecule has 0 bridgehead atoms. The van der Waals surface area contributed by atoms with Crippen molar-refractivity contribution in [3.8, 4) is 17.0 Å². The van der Waals surface area contributed by atoms with E-state index >= 15 is 0 Å². The number of carbonyl (C=O) groups is 1. The number of amides is 1. The Balaban J connectivity index is 1.65. The molecule has 0 N–H and O–H groups in total. The molecule has 1 atom stereocenters. The lowest BCUT2D eigenvalue weighted by Gasteiger charge is -2.13. The van der Waals surface area contributed by atoms with Gasteiger partial charge in [0.05, 0.1) is 25.3 Å². The van der Waals surface area contributed by atoms with Gasteiger partial charge in [0, 0.05) is 18.7 Å². The third kappa shape index (κ3) is 2.90. The summed E-state index contributed by atoms with van der Waals surface area (Å²) in [6.45, 7) is 6.09. The third-order valence-corrected chi connectivity index (χ3v) is 5.23. The van der Waals surface area contributed by atoms with Gasteiger partial charge in [-0.05, 0) is 56.4 Å². The number of carbonyl (C=O) groups excluding carboxylic acids is 1. The molecule has 132 valence electrons. The molecule has 4 rings (SSSR count). The van der Waals surface area contributed by atoms with E-state index < -0.39 is 0 Å². The van der Waals surface area contributed by atoms with E-state index in [2.05, 4.69) is 22.4 Å². The van der Waals surface area contributed by atoms with Crippen molar-refractivity contribution in [3.63, 3.8) is 0 Å². The predicted octanol–water partition coefficient (Wildman–Crippen LogP) is 2.63. The van der Waals surface area contributed by atoms with Gasteiger partial charge in [0.25, 0.3) is 0 Å². The second-order valence-corrected chi connectivity index (χ2v) is 6.78. The average Bonchev–Trinajstić information content (AvgIpc) is 3.32. The SMILES string of the molecule is CCOc1cc2c(cc1-c1cn([C@@H]3CC(=O)N(CC)C3)nn1)CCC2. The van der Waals surface area contributed by atoms with Gasteiger partial charge < -0.3 is 9.64 Å². The highest BCUT2D eigenvalue weighted by Crippen LogP contribution is 2.36. The maximum Gasteiger partial charge on any atom is 0.224 e. The molecule has 1 aromatic carbocycles. The monoisotopic (exact) mass is 340 g/mol. The number of hydrogen-bond acceptors (Lipinski definition) is 4. The maximum absolute atomic E-state index is 12.0. The molecular weight excluding hydrogens is 316 g/mol. The Kier molecular flexibility index (Phi) is 4.19. The number of nitrogens with zero attached hydrogens (tertiary/aromatic N) is 4. The molecule has 6 heteroatoms. The molecule has 6 nitrogen and oxygen atoms in total. The summed E-state index contributed by atoms with van der Waals surface area (Å²) < 4.78 is 7.70. The molecular formula is C19H24N4O2. The van der Waals surface area contributed by atoms with Crippen molar-refractivity contribution in [2.24, 2.45) is 0 Å². The molecule has 1 aliphatic heterocycles. The average molecular weight is 340 g/mol. The molecule has 1 saturated heterocycles. The molecule has 1 aliphatic carbocycles. The van der Waals surface area contributed by atoms with Gasteiger partial charge in [-0.1, -0.05) is 5.21 Å². The van der Waals surface area contributed by atoms with Crippen LogP contribution in [0.4, 0.5) is 0 Å². The van der Waals surface area contributed by atoms with Crippen LogP contribution in [0.2, 0.25) is 0 Å². The highest BCUT2D eigenvalue weighted by Gasteiger charge is 2.30. The largest absolute Gasteiger partial charge is 0.493 e. The summed E-state index contributed by atoms with van der Waals surface area (Å²) >= 11 is 0. The number of likely N-dealkylation sites (N-methyl/N-ethyl adjacent to an activating group) is 1. The Morgan fingerprint density at radius 2 is 2.04 bits per heavy atom. The summed E-state index contributed by atoms with van der Waals surface area (Å²) in [7, 11) is 0. The van der Waals surface area contributed by atoms with Crippen LogP contribution in [0, 0.1) is 0 Å². The number of ether oxygens (including phenoxy) is 1. The molecule has 25 heavy (non-hydrogen) atoms. The van der Waals surface area contributed by atoms with Crippen LogP contribution in [0.3, 0.4) is 0 Å². The van der Waals surface area contributed by atoms with Gasteiger partial charge in [0.1, 0.15) is 11.4 Å². The van der Waals surface area contributed by atoms with E-state index in [-0.39, 0.29) is 11.9 Å². The van der Waals surface area contributed by atoms with Gasteiger partial charge in [-0.25, -0.2) is 4.68 Å². The Morgan fingerprint density at radius 3 is 2.76 bits per heavy atom. The number of likely N-dealkylation sites (tertiary alicyclic amines) is 1. The highest BCUT2D eigenvalue weighted by molar-refractivity contribution is 5.79. The van der Waals surface area contributed by atoms with E-state index in [1.807, 2.05) is 29.6 Å². The lowest BCUT2D eigenvalue weighted by atomic mass is 10.0. The van der Waals surface area contributed by atoms with Crippen LogP contribution in [0.5, 0.6) is 5.75 Å². The number of rotatable bonds is 5. The van der Waals surface area contributed by atoms with Gasteiger partial charge >= 0.3 is 0 Å². The summed E-state index contributed by atoms with van der Waals surface area (Å²) in [5, 5.41) is 8.68. The quantitative estimate of drug-likeness (QED) is 0.839. The molecule has 2 heterocycles. The topological polar surface area (TPSA) is 60.2 Å². The Morgan fingerprint density at radius 1 is 1.24 bits per heavy atom. The first-order valence-corrected chi connectivity index (χ1v) is 9.18. The Hall–Kier alpha value is -2.37. The fourth-order valence-electron chi connectivity index (χ4n) is 3.89. The van der Waals surface area contributed by atoms with E-state index in [1.54, 1.807) is 0 Å². The summed E-state index contributed by atoms with van der Waals surface area (Å²) in [5.41, 5.74) is 4.60. The molecule has 2 aromatic rings. The summed E-state index contributed by atoms with van der Waals surface area (Å²) in [4.78, 5) is 13.8. The zero-order valence-corrected chi connectivity index (χ0v) is 14.9. The first-order chi connectivity index (χ1) is 12.2. The van der Waals surface area contributed by atoms with Crippen molar-refractivity contribution in [3.05, 3.63) is 29.5 Å². The maximum atomic E-state index is 12.0.